The van der Waals surface area contributed by atoms with Crippen molar-refractivity contribution in [2.24, 2.45) is 0 Å². The SMILES string of the molecule is O=C(O)Cc1nc2n(n1)C(c1ccc(F)cn1)CCN2. The Labute approximate surface area is 113 Å². The summed E-state index contributed by atoms with van der Waals surface area (Å²) in [5, 5.41) is 16.0. The molecular weight excluding hydrogens is 265 g/mol. The van der Waals surface area contributed by atoms with Crippen LogP contribution in [0.15, 0.2) is 18.3 Å². The first kappa shape index (κ1) is 12.5. The lowest BCUT2D eigenvalue weighted by molar-refractivity contribution is -0.136. The van der Waals surface area contributed by atoms with Gasteiger partial charge in [-0.2, -0.15) is 10.1 Å². The number of anilines is 1. The molecule has 7 nitrogen and oxygen atoms in total. The molecule has 1 aliphatic rings. The Balaban J connectivity index is 1.94. The summed E-state index contributed by atoms with van der Waals surface area (Å²) in [4.78, 5) is 18.9. The van der Waals surface area contributed by atoms with Crippen molar-refractivity contribution in [3.8, 4) is 0 Å². The van der Waals surface area contributed by atoms with E-state index in [-0.39, 0.29) is 18.3 Å². The van der Waals surface area contributed by atoms with Crippen LogP contribution in [0.1, 0.15) is 24.0 Å². The van der Waals surface area contributed by atoms with Gasteiger partial charge >= 0.3 is 5.97 Å². The standard InChI is InChI=1S/C12H12FN5O2/c13-7-1-2-8(15-6-7)9-3-4-14-12-16-10(5-11(19)20)17-18(9)12/h1-2,6,9H,3-5H2,(H,19,20)(H,14,16,17). The normalized spacial score (nSPS) is 17.4. The van der Waals surface area contributed by atoms with E-state index in [4.69, 9.17) is 5.11 Å². The zero-order valence-electron chi connectivity index (χ0n) is 10.5. The topological polar surface area (TPSA) is 92.9 Å². The molecule has 1 aliphatic heterocycles. The van der Waals surface area contributed by atoms with Gasteiger partial charge in [0.15, 0.2) is 5.82 Å². The number of aliphatic carboxylic acids is 1. The molecule has 0 spiro atoms. The lowest BCUT2D eigenvalue weighted by atomic mass is 10.1. The predicted molar refractivity (Wildman–Crippen MR) is 66.8 cm³/mol. The van der Waals surface area contributed by atoms with Crippen molar-refractivity contribution in [3.63, 3.8) is 0 Å². The number of nitrogens with zero attached hydrogens (tertiary/aromatic N) is 4. The van der Waals surface area contributed by atoms with Crippen molar-refractivity contribution in [1.82, 2.24) is 19.7 Å². The molecule has 0 saturated heterocycles. The van der Waals surface area contributed by atoms with Crippen molar-refractivity contribution in [2.45, 2.75) is 18.9 Å². The maximum atomic E-state index is 12.9. The maximum absolute atomic E-state index is 12.9. The summed E-state index contributed by atoms with van der Waals surface area (Å²) in [7, 11) is 0. The third-order valence-corrected chi connectivity index (χ3v) is 3.07. The summed E-state index contributed by atoms with van der Waals surface area (Å²) in [6.45, 7) is 0.676. The van der Waals surface area contributed by atoms with Gasteiger partial charge in [-0.25, -0.2) is 9.07 Å². The van der Waals surface area contributed by atoms with Crippen molar-refractivity contribution in [1.29, 1.82) is 0 Å². The number of carbonyl (C=O) groups is 1. The first-order chi connectivity index (χ1) is 9.63. The van der Waals surface area contributed by atoms with Crippen LogP contribution in [0, 0.1) is 5.82 Å². The highest BCUT2D eigenvalue weighted by molar-refractivity contribution is 5.69. The van der Waals surface area contributed by atoms with Gasteiger partial charge in [-0.05, 0) is 18.6 Å². The van der Waals surface area contributed by atoms with Crippen LogP contribution in [-0.2, 0) is 11.2 Å². The molecule has 3 heterocycles. The van der Waals surface area contributed by atoms with Gasteiger partial charge < -0.3 is 10.4 Å². The van der Waals surface area contributed by atoms with Gasteiger partial charge in [0.25, 0.3) is 0 Å². The second-order valence-corrected chi connectivity index (χ2v) is 4.50. The number of rotatable bonds is 3. The molecule has 1 atom stereocenters. The molecule has 3 rings (SSSR count). The summed E-state index contributed by atoms with van der Waals surface area (Å²) in [5.74, 6) is -0.616. The fourth-order valence-electron chi connectivity index (χ4n) is 2.22. The minimum Gasteiger partial charge on any atom is -0.481 e. The highest BCUT2D eigenvalue weighted by Gasteiger charge is 2.25. The van der Waals surface area contributed by atoms with Crippen molar-refractivity contribution < 1.29 is 14.3 Å². The molecular formula is C12H12FN5O2. The van der Waals surface area contributed by atoms with E-state index in [0.29, 0.717) is 18.2 Å². The molecule has 2 N–H and O–H groups in total. The molecule has 0 fully saturated rings. The molecule has 0 saturated carbocycles. The van der Waals surface area contributed by atoms with Gasteiger partial charge in [0.05, 0.1) is 17.9 Å². The van der Waals surface area contributed by atoms with E-state index in [1.54, 1.807) is 10.7 Å². The summed E-state index contributed by atoms with van der Waals surface area (Å²) < 4.78 is 14.5. The fraction of sp³-hybridized carbons (Fsp3) is 0.333. The number of halogens is 1. The average molecular weight is 277 g/mol. The van der Waals surface area contributed by atoms with E-state index < -0.39 is 11.8 Å². The molecule has 1 unspecified atom stereocenters. The number of hydrogen-bond acceptors (Lipinski definition) is 5. The molecule has 20 heavy (non-hydrogen) atoms. The third-order valence-electron chi connectivity index (χ3n) is 3.07. The lowest BCUT2D eigenvalue weighted by Crippen LogP contribution is -2.25. The Morgan fingerprint density at radius 3 is 3.10 bits per heavy atom. The van der Waals surface area contributed by atoms with Crippen LogP contribution in [0.3, 0.4) is 0 Å². The molecule has 0 aliphatic carbocycles. The lowest BCUT2D eigenvalue weighted by Gasteiger charge is -2.23. The molecule has 0 aromatic carbocycles. The zero-order chi connectivity index (χ0) is 14.1. The zero-order valence-corrected chi connectivity index (χ0v) is 10.5. The number of nitrogens with one attached hydrogen (secondary N) is 1. The number of carboxylic acid groups (broad SMARTS) is 1. The van der Waals surface area contributed by atoms with Crippen LogP contribution in [0.25, 0.3) is 0 Å². The Kier molecular flexibility index (Phi) is 3.05. The van der Waals surface area contributed by atoms with Gasteiger partial charge in [-0.1, -0.05) is 0 Å². The van der Waals surface area contributed by atoms with Crippen molar-refractivity contribution in [2.75, 3.05) is 11.9 Å². The van der Waals surface area contributed by atoms with E-state index in [9.17, 15) is 9.18 Å². The summed E-state index contributed by atoms with van der Waals surface area (Å²) in [5.41, 5.74) is 0.681. The molecule has 2 aromatic rings. The van der Waals surface area contributed by atoms with E-state index in [2.05, 4.69) is 20.4 Å². The van der Waals surface area contributed by atoms with Crippen LogP contribution in [-0.4, -0.2) is 37.4 Å². The Bertz CT molecular complexity index is 640. The minimum absolute atomic E-state index is 0.165. The second-order valence-electron chi connectivity index (χ2n) is 4.50. The first-order valence-corrected chi connectivity index (χ1v) is 6.16. The van der Waals surface area contributed by atoms with Gasteiger partial charge in [0.1, 0.15) is 12.2 Å². The van der Waals surface area contributed by atoms with Crippen LogP contribution in [0.4, 0.5) is 10.3 Å². The first-order valence-electron chi connectivity index (χ1n) is 6.16. The highest BCUT2D eigenvalue weighted by Crippen LogP contribution is 2.27. The van der Waals surface area contributed by atoms with Crippen LogP contribution >= 0.6 is 0 Å². The quantitative estimate of drug-likeness (QED) is 0.863. The predicted octanol–water partition coefficient (Wildman–Crippen LogP) is 0.844. The molecule has 0 bridgehead atoms. The van der Waals surface area contributed by atoms with E-state index in [1.807, 2.05) is 0 Å². The van der Waals surface area contributed by atoms with Gasteiger partial charge in [-0.15, -0.1) is 0 Å². The smallest absolute Gasteiger partial charge is 0.311 e. The van der Waals surface area contributed by atoms with Gasteiger partial charge in [0.2, 0.25) is 5.95 Å². The largest absolute Gasteiger partial charge is 0.481 e. The Morgan fingerprint density at radius 1 is 1.55 bits per heavy atom. The Morgan fingerprint density at radius 2 is 2.40 bits per heavy atom. The van der Waals surface area contributed by atoms with E-state index in [0.717, 1.165) is 12.6 Å². The van der Waals surface area contributed by atoms with Crippen LogP contribution < -0.4 is 5.32 Å². The molecule has 0 radical (unpaired) electrons. The molecule has 0 amide bonds. The van der Waals surface area contributed by atoms with Crippen molar-refractivity contribution in [3.05, 3.63) is 35.7 Å². The monoisotopic (exact) mass is 277 g/mol. The summed E-state index contributed by atoms with van der Waals surface area (Å²) >= 11 is 0. The second kappa shape index (κ2) is 4.87. The number of hydrogen-bond donors (Lipinski definition) is 2. The fourth-order valence-corrected chi connectivity index (χ4v) is 2.22. The summed E-state index contributed by atoms with van der Waals surface area (Å²) in [6, 6.07) is 2.79. The van der Waals surface area contributed by atoms with Crippen molar-refractivity contribution >= 4 is 11.9 Å². The summed E-state index contributed by atoms with van der Waals surface area (Å²) in [6.07, 6.45) is 1.65. The highest BCUT2D eigenvalue weighted by atomic mass is 19.1. The number of aromatic nitrogens is 4. The number of fused-ring (bicyclic) bond motifs is 1. The molecule has 104 valence electrons. The number of pyridine rings is 1. The van der Waals surface area contributed by atoms with Gasteiger partial charge in [-0.3, -0.25) is 9.78 Å². The maximum Gasteiger partial charge on any atom is 0.311 e. The Hall–Kier alpha value is -2.51. The van der Waals surface area contributed by atoms with Gasteiger partial charge in [0, 0.05) is 6.54 Å². The minimum atomic E-state index is -0.982. The average Bonchev–Trinajstić information content (AvgIpc) is 2.80. The van der Waals surface area contributed by atoms with Crippen LogP contribution in [0.2, 0.25) is 0 Å². The van der Waals surface area contributed by atoms with E-state index in [1.165, 1.54) is 6.07 Å². The molecule has 2 aromatic heterocycles. The van der Waals surface area contributed by atoms with Crippen LogP contribution in [0.5, 0.6) is 0 Å². The van der Waals surface area contributed by atoms with E-state index >= 15 is 0 Å². The third kappa shape index (κ3) is 2.31. The molecule has 8 heteroatoms. The number of carboxylic acids is 1.